The van der Waals surface area contributed by atoms with Gasteiger partial charge in [-0.2, -0.15) is 9.46 Å². The summed E-state index contributed by atoms with van der Waals surface area (Å²) in [6.07, 6.45) is 0. The molecule has 28 heavy (non-hydrogen) atoms. The summed E-state index contributed by atoms with van der Waals surface area (Å²) in [6, 6.07) is 12.3. The van der Waals surface area contributed by atoms with Gasteiger partial charge in [0.2, 0.25) is 0 Å². The summed E-state index contributed by atoms with van der Waals surface area (Å²) in [4.78, 5) is 25.0. The van der Waals surface area contributed by atoms with E-state index in [0.29, 0.717) is 15.0 Å². The maximum absolute atomic E-state index is 12.9. The lowest BCUT2D eigenvalue weighted by Crippen LogP contribution is -2.46. The van der Waals surface area contributed by atoms with E-state index in [4.69, 9.17) is 4.74 Å². The number of hydrogen-bond acceptors (Lipinski definition) is 5. The molecule has 0 atom stereocenters. The van der Waals surface area contributed by atoms with Gasteiger partial charge < -0.3 is 15.2 Å². The number of nitrogens with zero attached hydrogens (tertiary/aromatic N) is 2. The largest absolute Gasteiger partial charge is 0.618 e. The van der Waals surface area contributed by atoms with Crippen molar-refractivity contribution in [2.45, 2.75) is 20.8 Å². The van der Waals surface area contributed by atoms with Crippen LogP contribution in [0.2, 0.25) is 0 Å². The van der Waals surface area contributed by atoms with Crippen LogP contribution < -0.4 is 9.46 Å². The molecule has 2 aromatic carbocycles. The smallest absolute Gasteiger partial charge is 0.338 e. The predicted octanol–water partition coefficient (Wildman–Crippen LogP) is 2.46. The molecule has 1 aromatic heterocycles. The van der Waals surface area contributed by atoms with Gasteiger partial charge in [0.05, 0.1) is 12.2 Å². The van der Waals surface area contributed by atoms with Crippen molar-refractivity contribution >= 4 is 22.8 Å². The summed E-state index contributed by atoms with van der Waals surface area (Å²) in [5.41, 5.74) is 0.144. The van der Waals surface area contributed by atoms with E-state index in [0.717, 1.165) is 0 Å². The Hall–Kier alpha value is -3.48. The number of rotatable bonds is 5. The van der Waals surface area contributed by atoms with E-state index in [2.05, 4.69) is 0 Å². The first-order valence-corrected chi connectivity index (χ1v) is 8.87. The Morgan fingerprint density at radius 3 is 2.29 bits per heavy atom. The molecule has 0 saturated carbocycles. The van der Waals surface area contributed by atoms with E-state index >= 15 is 0 Å². The Balaban J connectivity index is 2.13. The number of aromatic nitrogens is 2. The second-order valence-corrected chi connectivity index (χ2v) is 6.91. The van der Waals surface area contributed by atoms with Gasteiger partial charge in [0.25, 0.3) is 22.5 Å². The SMILES string of the molecule is Cc1c(C(=O)c2ccccc2)[n+]([O-])c2cc(C(=O)OCC(C)C)ccc2[n+]1[O-]. The lowest BCUT2D eigenvalue weighted by Gasteiger charge is -2.12. The summed E-state index contributed by atoms with van der Waals surface area (Å²) in [6.45, 7) is 5.47. The van der Waals surface area contributed by atoms with Crippen molar-refractivity contribution in [3.63, 3.8) is 0 Å². The fourth-order valence-electron chi connectivity index (χ4n) is 2.84. The molecule has 0 aliphatic carbocycles. The Kier molecular flexibility index (Phi) is 5.26. The number of carbonyl (C=O) groups excluding carboxylic acids is 2. The maximum Gasteiger partial charge on any atom is 0.338 e. The number of ether oxygens (including phenoxy) is 1. The highest BCUT2D eigenvalue weighted by Crippen LogP contribution is 2.15. The number of benzene rings is 2. The number of esters is 1. The molecule has 3 rings (SSSR count). The first-order valence-electron chi connectivity index (χ1n) is 8.87. The van der Waals surface area contributed by atoms with E-state index in [1.807, 2.05) is 13.8 Å². The summed E-state index contributed by atoms with van der Waals surface area (Å²) in [5, 5.41) is 25.6. The minimum Gasteiger partial charge on any atom is -0.618 e. The highest BCUT2D eigenvalue weighted by Gasteiger charge is 2.32. The molecular weight excluding hydrogens is 360 g/mol. The Morgan fingerprint density at radius 1 is 0.964 bits per heavy atom. The van der Waals surface area contributed by atoms with Gasteiger partial charge in [-0.05, 0) is 12.0 Å². The molecule has 0 bridgehead atoms. The van der Waals surface area contributed by atoms with Gasteiger partial charge in [0.15, 0.2) is 0 Å². The fourth-order valence-corrected chi connectivity index (χ4v) is 2.84. The van der Waals surface area contributed by atoms with Crippen LogP contribution in [0.1, 0.15) is 46.0 Å². The van der Waals surface area contributed by atoms with Crippen molar-refractivity contribution in [3.8, 4) is 0 Å². The van der Waals surface area contributed by atoms with Crippen molar-refractivity contribution in [1.29, 1.82) is 0 Å². The molecule has 0 unspecified atom stereocenters. The predicted molar refractivity (Wildman–Crippen MR) is 102 cm³/mol. The second-order valence-electron chi connectivity index (χ2n) is 6.91. The molecule has 3 aromatic rings. The van der Waals surface area contributed by atoms with Crippen molar-refractivity contribution < 1.29 is 23.8 Å². The third-order valence-corrected chi connectivity index (χ3v) is 4.30. The first-order chi connectivity index (χ1) is 13.3. The molecule has 0 N–H and O–H groups in total. The zero-order valence-electron chi connectivity index (χ0n) is 15.8. The van der Waals surface area contributed by atoms with Crippen LogP contribution in [0.25, 0.3) is 11.0 Å². The normalized spacial score (nSPS) is 11.0. The van der Waals surface area contributed by atoms with Crippen molar-refractivity contribution in [1.82, 2.24) is 0 Å². The highest BCUT2D eigenvalue weighted by molar-refractivity contribution is 6.07. The molecule has 7 nitrogen and oxygen atoms in total. The Labute approximate surface area is 162 Å². The number of carbonyl (C=O) groups is 2. The average molecular weight is 380 g/mol. The van der Waals surface area contributed by atoms with Gasteiger partial charge in [-0.1, -0.05) is 44.2 Å². The van der Waals surface area contributed by atoms with E-state index in [9.17, 15) is 20.0 Å². The van der Waals surface area contributed by atoms with E-state index < -0.39 is 11.8 Å². The molecule has 0 spiro atoms. The number of fused-ring (bicyclic) bond motifs is 1. The molecule has 7 heteroatoms. The monoisotopic (exact) mass is 380 g/mol. The van der Waals surface area contributed by atoms with Crippen LogP contribution in [0.5, 0.6) is 0 Å². The average Bonchev–Trinajstić information content (AvgIpc) is 2.70. The standard InChI is InChI=1S/C21H20N2O5/c1-13(2)12-28-21(25)16-9-10-17-18(11-16)23(27)19(14(3)22(17)26)20(24)15-7-5-4-6-8-15/h4-11,13H,12H2,1-3H3. The van der Waals surface area contributed by atoms with Crippen molar-refractivity contribution in [2.75, 3.05) is 6.61 Å². The van der Waals surface area contributed by atoms with Crippen LogP contribution >= 0.6 is 0 Å². The highest BCUT2D eigenvalue weighted by atomic mass is 16.5. The second kappa shape index (κ2) is 7.64. The van der Waals surface area contributed by atoms with Gasteiger partial charge >= 0.3 is 11.7 Å². The van der Waals surface area contributed by atoms with E-state index in [1.165, 1.54) is 25.1 Å². The topological polar surface area (TPSA) is 97.2 Å². The molecule has 0 aliphatic heterocycles. The van der Waals surface area contributed by atoms with Gasteiger partial charge in [-0.3, -0.25) is 4.79 Å². The van der Waals surface area contributed by atoms with Crippen LogP contribution in [0.4, 0.5) is 0 Å². The Bertz CT molecular complexity index is 1060. The molecule has 1 heterocycles. The van der Waals surface area contributed by atoms with E-state index in [-0.39, 0.29) is 40.5 Å². The van der Waals surface area contributed by atoms with Gasteiger partial charge in [-0.15, -0.1) is 0 Å². The van der Waals surface area contributed by atoms with Crippen LogP contribution in [0, 0.1) is 23.3 Å². The van der Waals surface area contributed by atoms with Crippen LogP contribution in [0.3, 0.4) is 0 Å². The third-order valence-electron chi connectivity index (χ3n) is 4.30. The maximum atomic E-state index is 12.9. The fraction of sp³-hybridized carbons (Fsp3) is 0.238. The van der Waals surface area contributed by atoms with E-state index in [1.54, 1.807) is 30.3 Å². The molecule has 0 radical (unpaired) electrons. The summed E-state index contributed by atoms with van der Waals surface area (Å²) in [7, 11) is 0. The van der Waals surface area contributed by atoms with Crippen LogP contribution in [0.15, 0.2) is 48.5 Å². The Morgan fingerprint density at radius 2 is 1.64 bits per heavy atom. The molecule has 0 fully saturated rings. The lowest BCUT2D eigenvalue weighted by molar-refractivity contribution is -0.635. The first kappa shape index (κ1) is 19.3. The molecule has 0 amide bonds. The minimum absolute atomic E-state index is 0.00788. The van der Waals surface area contributed by atoms with Crippen LogP contribution in [-0.4, -0.2) is 18.4 Å². The number of hydrogen-bond donors (Lipinski definition) is 0. The molecule has 144 valence electrons. The molecule has 0 aliphatic rings. The zero-order valence-corrected chi connectivity index (χ0v) is 15.8. The minimum atomic E-state index is -0.593. The van der Waals surface area contributed by atoms with Gasteiger partial charge in [0, 0.05) is 24.6 Å². The summed E-state index contributed by atoms with van der Waals surface area (Å²) in [5.74, 6) is -0.993. The van der Waals surface area contributed by atoms with Crippen LogP contribution in [-0.2, 0) is 4.74 Å². The van der Waals surface area contributed by atoms with Gasteiger partial charge in [0.1, 0.15) is 0 Å². The zero-order chi connectivity index (χ0) is 20.4. The quantitative estimate of drug-likeness (QED) is 0.293. The summed E-state index contributed by atoms with van der Waals surface area (Å²) < 4.78 is 6.12. The summed E-state index contributed by atoms with van der Waals surface area (Å²) >= 11 is 0. The van der Waals surface area contributed by atoms with Crippen molar-refractivity contribution in [3.05, 3.63) is 81.5 Å². The van der Waals surface area contributed by atoms with Crippen molar-refractivity contribution in [2.24, 2.45) is 5.92 Å². The third kappa shape index (κ3) is 3.51. The lowest BCUT2D eigenvalue weighted by atomic mass is 10.1. The molecular formula is C21H20N2O5. The molecule has 0 saturated heterocycles. The van der Waals surface area contributed by atoms with Gasteiger partial charge in [-0.25, -0.2) is 4.79 Å². The number of ketones is 1.